The van der Waals surface area contributed by atoms with Gasteiger partial charge in [0.05, 0.1) is 18.2 Å². The van der Waals surface area contributed by atoms with E-state index in [0.717, 1.165) is 36.4 Å². The van der Waals surface area contributed by atoms with Crippen molar-refractivity contribution < 1.29 is 24.2 Å². The lowest BCUT2D eigenvalue weighted by Gasteiger charge is -2.28. The second-order valence-electron chi connectivity index (χ2n) is 9.02. The van der Waals surface area contributed by atoms with Crippen LogP contribution in [0.25, 0.3) is 5.76 Å². The van der Waals surface area contributed by atoms with Crippen molar-refractivity contribution in [1.82, 2.24) is 9.80 Å². The van der Waals surface area contributed by atoms with Gasteiger partial charge in [0.15, 0.2) is 0 Å². The van der Waals surface area contributed by atoms with Crippen LogP contribution in [0, 0.1) is 6.92 Å². The van der Waals surface area contributed by atoms with Crippen molar-refractivity contribution in [2.24, 2.45) is 0 Å². The summed E-state index contributed by atoms with van der Waals surface area (Å²) in [4.78, 5) is 30.3. The molecule has 2 aromatic rings. The number of likely N-dealkylation sites (tertiary alicyclic amines) is 1. The van der Waals surface area contributed by atoms with Gasteiger partial charge < -0.3 is 24.4 Å². The second kappa shape index (κ2) is 13.1. The largest absolute Gasteiger partial charge is 0.507 e. The summed E-state index contributed by atoms with van der Waals surface area (Å²) in [7, 11) is 0. The number of carbonyl (C=O) groups is 2. The smallest absolute Gasteiger partial charge is 0.295 e. The molecule has 1 atom stereocenters. The minimum Gasteiger partial charge on any atom is -0.507 e. The highest BCUT2D eigenvalue weighted by Crippen LogP contribution is 2.40. The molecule has 1 unspecified atom stereocenters. The van der Waals surface area contributed by atoms with Crippen LogP contribution in [-0.4, -0.2) is 66.0 Å². The molecule has 0 aromatic heterocycles. The summed E-state index contributed by atoms with van der Waals surface area (Å²) < 4.78 is 11.4. The Hall–Kier alpha value is -3.58. The normalized spacial score (nSPS) is 16.9. The molecule has 0 radical (unpaired) electrons. The van der Waals surface area contributed by atoms with E-state index in [4.69, 9.17) is 9.47 Å². The molecule has 198 valence electrons. The van der Waals surface area contributed by atoms with E-state index in [1.54, 1.807) is 29.2 Å². The SMILES string of the molecule is C=CCOc1ccc(/C(O)=C2\C(=O)C(=O)N(CCN(CC)CC)C2c2ccc(OCCC)cc2)cc1C. The van der Waals surface area contributed by atoms with Crippen molar-refractivity contribution in [2.45, 2.75) is 40.2 Å². The summed E-state index contributed by atoms with van der Waals surface area (Å²) in [6.45, 7) is 15.3. The molecule has 37 heavy (non-hydrogen) atoms. The molecule has 0 aliphatic carbocycles. The Labute approximate surface area is 220 Å². The molecular weight excluding hydrogens is 468 g/mol. The van der Waals surface area contributed by atoms with Crippen molar-refractivity contribution in [3.8, 4) is 11.5 Å². The van der Waals surface area contributed by atoms with E-state index in [2.05, 4.69) is 25.3 Å². The van der Waals surface area contributed by atoms with Crippen LogP contribution >= 0.6 is 0 Å². The van der Waals surface area contributed by atoms with Crippen molar-refractivity contribution in [3.05, 3.63) is 77.4 Å². The molecule has 0 saturated carbocycles. The van der Waals surface area contributed by atoms with E-state index in [9.17, 15) is 14.7 Å². The number of hydrogen-bond donors (Lipinski definition) is 1. The van der Waals surface area contributed by atoms with Crippen LogP contribution in [0.2, 0.25) is 0 Å². The number of carbonyl (C=O) groups excluding carboxylic acids is 2. The van der Waals surface area contributed by atoms with Gasteiger partial charge in [0, 0.05) is 18.7 Å². The van der Waals surface area contributed by atoms with Gasteiger partial charge in [0.1, 0.15) is 23.9 Å². The van der Waals surface area contributed by atoms with Crippen LogP contribution in [-0.2, 0) is 9.59 Å². The van der Waals surface area contributed by atoms with Gasteiger partial charge in [-0.05, 0) is 67.9 Å². The number of aliphatic hydroxyl groups excluding tert-OH is 1. The lowest BCUT2D eigenvalue weighted by molar-refractivity contribution is -0.140. The highest BCUT2D eigenvalue weighted by Gasteiger charge is 2.46. The quantitative estimate of drug-likeness (QED) is 0.176. The average molecular weight is 507 g/mol. The molecule has 0 spiro atoms. The summed E-state index contributed by atoms with van der Waals surface area (Å²) in [5, 5.41) is 11.4. The van der Waals surface area contributed by atoms with E-state index >= 15 is 0 Å². The fraction of sp³-hybridized carbons (Fsp3) is 0.400. The minimum absolute atomic E-state index is 0.0888. The van der Waals surface area contributed by atoms with Crippen molar-refractivity contribution in [2.75, 3.05) is 39.4 Å². The topological polar surface area (TPSA) is 79.3 Å². The predicted molar refractivity (Wildman–Crippen MR) is 146 cm³/mol. The fourth-order valence-electron chi connectivity index (χ4n) is 4.48. The Bertz CT molecular complexity index is 1140. The first-order chi connectivity index (χ1) is 17.9. The van der Waals surface area contributed by atoms with Crippen molar-refractivity contribution in [3.63, 3.8) is 0 Å². The van der Waals surface area contributed by atoms with Gasteiger partial charge in [-0.3, -0.25) is 9.59 Å². The zero-order chi connectivity index (χ0) is 26.9. The summed E-state index contributed by atoms with van der Waals surface area (Å²) in [6.07, 6.45) is 2.55. The van der Waals surface area contributed by atoms with E-state index < -0.39 is 17.7 Å². The molecule has 2 aromatic carbocycles. The van der Waals surface area contributed by atoms with Gasteiger partial charge in [0.25, 0.3) is 11.7 Å². The van der Waals surface area contributed by atoms with E-state index in [-0.39, 0.29) is 11.3 Å². The fourth-order valence-corrected chi connectivity index (χ4v) is 4.48. The van der Waals surface area contributed by atoms with Crippen molar-refractivity contribution in [1.29, 1.82) is 0 Å². The van der Waals surface area contributed by atoms with Crippen LogP contribution in [0.5, 0.6) is 11.5 Å². The van der Waals surface area contributed by atoms with Gasteiger partial charge in [-0.15, -0.1) is 0 Å². The first-order valence-electron chi connectivity index (χ1n) is 12.9. The Morgan fingerprint density at radius 1 is 1.08 bits per heavy atom. The lowest BCUT2D eigenvalue weighted by Crippen LogP contribution is -2.38. The molecule has 1 aliphatic rings. The Morgan fingerprint density at radius 2 is 1.78 bits per heavy atom. The van der Waals surface area contributed by atoms with Gasteiger partial charge in [-0.2, -0.15) is 0 Å². The molecule has 1 N–H and O–H groups in total. The Balaban J connectivity index is 2.05. The number of nitrogens with zero attached hydrogens (tertiary/aromatic N) is 2. The number of aryl methyl sites for hydroxylation is 1. The first-order valence-corrected chi connectivity index (χ1v) is 12.9. The molecular formula is C30H38N2O5. The molecule has 1 saturated heterocycles. The van der Waals surface area contributed by atoms with E-state index in [0.29, 0.717) is 37.6 Å². The number of amides is 1. The number of Topliss-reactive ketones (excluding diaryl/α,β-unsaturated/α-hetero) is 1. The summed E-state index contributed by atoms with van der Waals surface area (Å²) in [5.41, 5.74) is 2.09. The number of benzene rings is 2. The van der Waals surface area contributed by atoms with Crippen LogP contribution < -0.4 is 9.47 Å². The molecule has 7 heteroatoms. The zero-order valence-electron chi connectivity index (χ0n) is 22.3. The summed E-state index contributed by atoms with van der Waals surface area (Å²) in [6, 6.07) is 11.9. The van der Waals surface area contributed by atoms with Crippen LogP contribution in [0.1, 0.15) is 49.9 Å². The van der Waals surface area contributed by atoms with Gasteiger partial charge in [0.2, 0.25) is 0 Å². The first kappa shape index (κ1) is 28.0. The molecule has 1 aliphatic heterocycles. The maximum atomic E-state index is 13.3. The highest BCUT2D eigenvalue weighted by atomic mass is 16.5. The summed E-state index contributed by atoms with van der Waals surface area (Å²) in [5.74, 6) is -0.101. The number of ether oxygens (including phenoxy) is 2. The predicted octanol–water partition coefficient (Wildman–Crippen LogP) is 5.11. The highest BCUT2D eigenvalue weighted by molar-refractivity contribution is 6.46. The minimum atomic E-state index is -0.701. The summed E-state index contributed by atoms with van der Waals surface area (Å²) >= 11 is 0. The molecule has 3 rings (SSSR count). The van der Waals surface area contributed by atoms with Crippen molar-refractivity contribution >= 4 is 17.4 Å². The van der Waals surface area contributed by atoms with Gasteiger partial charge in [-0.1, -0.05) is 45.6 Å². The molecule has 1 heterocycles. The number of hydrogen-bond acceptors (Lipinski definition) is 6. The average Bonchev–Trinajstić information content (AvgIpc) is 3.16. The third-order valence-corrected chi connectivity index (χ3v) is 6.57. The van der Waals surface area contributed by atoms with E-state index in [1.165, 1.54) is 0 Å². The van der Waals surface area contributed by atoms with Crippen LogP contribution in [0.15, 0.2) is 60.7 Å². The Kier molecular flexibility index (Phi) is 9.92. The van der Waals surface area contributed by atoms with Crippen LogP contribution in [0.4, 0.5) is 0 Å². The Morgan fingerprint density at radius 3 is 2.38 bits per heavy atom. The zero-order valence-corrected chi connectivity index (χ0v) is 22.3. The maximum absolute atomic E-state index is 13.3. The molecule has 7 nitrogen and oxygen atoms in total. The maximum Gasteiger partial charge on any atom is 0.295 e. The monoisotopic (exact) mass is 506 g/mol. The molecule has 0 bridgehead atoms. The van der Waals surface area contributed by atoms with Crippen LogP contribution in [0.3, 0.4) is 0 Å². The number of rotatable bonds is 13. The second-order valence-corrected chi connectivity index (χ2v) is 9.02. The lowest BCUT2D eigenvalue weighted by atomic mass is 9.94. The van der Waals surface area contributed by atoms with E-state index in [1.807, 2.05) is 38.1 Å². The van der Waals surface area contributed by atoms with Gasteiger partial charge in [-0.25, -0.2) is 0 Å². The number of likely N-dealkylation sites (N-methyl/N-ethyl adjacent to an activating group) is 1. The molecule has 1 amide bonds. The standard InChI is InChI=1S/C30H38N2O5/c1-6-18-36-24-13-10-22(11-14-24)27-26(29(34)30(35)32(27)17-16-31(8-3)9-4)28(33)23-12-15-25(21(5)20-23)37-19-7-2/h7,10-15,20,27,33H,2,6,8-9,16-19H2,1,3-5H3/b28-26+. The molecule has 1 fully saturated rings. The third kappa shape index (κ3) is 6.41. The number of ketones is 1. The third-order valence-electron chi connectivity index (χ3n) is 6.57. The number of aliphatic hydroxyl groups is 1. The van der Waals surface area contributed by atoms with Gasteiger partial charge >= 0.3 is 0 Å².